The highest BCUT2D eigenvalue weighted by Crippen LogP contribution is 2.24. The molecule has 1 aromatic carbocycles. The third kappa shape index (κ3) is 7.07. The Morgan fingerprint density at radius 2 is 1.96 bits per heavy atom. The third-order valence-electron chi connectivity index (χ3n) is 3.83. The van der Waals surface area contributed by atoms with E-state index in [0.717, 1.165) is 36.8 Å². The minimum atomic E-state index is 0.825. The SMILES string of the molecule is CC/C=C(\CCNCC)N(/C=C/c1ccc(Cl)s1)Cc1ccccc1. The van der Waals surface area contributed by atoms with Crippen LogP contribution in [0, 0.1) is 0 Å². The van der Waals surface area contributed by atoms with Gasteiger partial charge in [0.25, 0.3) is 0 Å². The average Bonchev–Trinajstić information content (AvgIpc) is 3.04. The van der Waals surface area contributed by atoms with Crippen molar-refractivity contribution in [2.75, 3.05) is 13.1 Å². The van der Waals surface area contributed by atoms with Gasteiger partial charge >= 0.3 is 0 Å². The summed E-state index contributed by atoms with van der Waals surface area (Å²) in [6.07, 6.45) is 8.71. The maximum absolute atomic E-state index is 6.05. The number of nitrogens with zero attached hydrogens (tertiary/aromatic N) is 1. The van der Waals surface area contributed by atoms with Gasteiger partial charge in [-0.1, -0.05) is 61.9 Å². The van der Waals surface area contributed by atoms with Gasteiger partial charge in [0.2, 0.25) is 0 Å². The van der Waals surface area contributed by atoms with E-state index in [-0.39, 0.29) is 0 Å². The molecule has 0 atom stereocenters. The molecule has 134 valence electrons. The Morgan fingerprint density at radius 1 is 1.16 bits per heavy atom. The second-order valence-electron chi connectivity index (χ2n) is 5.78. The topological polar surface area (TPSA) is 15.3 Å². The quantitative estimate of drug-likeness (QED) is 0.500. The number of hydrogen-bond donors (Lipinski definition) is 1. The van der Waals surface area contributed by atoms with E-state index in [0.29, 0.717) is 0 Å². The Labute approximate surface area is 160 Å². The van der Waals surface area contributed by atoms with Crippen LogP contribution in [0.25, 0.3) is 6.08 Å². The molecule has 2 aromatic rings. The van der Waals surface area contributed by atoms with Gasteiger partial charge in [0.1, 0.15) is 0 Å². The molecule has 0 unspecified atom stereocenters. The summed E-state index contributed by atoms with van der Waals surface area (Å²) in [6.45, 7) is 7.20. The van der Waals surface area contributed by atoms with E-state index < -0.39 is 0 Å². The molecule has 0 aliphatic heterocycles. The number of rotatable bonds is 10. The molecule has 0 radical (unpaired) electrons. The Bertz CT molecular complexity index is 676. The molecule has 2 nitrogen and oxygen atoms in total. The zero-order valence-corrected chi connectivity index (χ0v) is 16.6. The van der Waals surface area contributed by atoms with Crippen molar-refractivity contribution in [2.45, 2.75) is 33.2 Å². The summed E-state index contributed by atoms with van der Waals surface area (Å²) in [5.41, 5.74) is 2.66. The number of hydrogen-bond acceptors (Lipinski definition) is 3. The van der Waals surface area contributed by atoms with E-state index in [1.807, 2.05) is 6.07 Å². The highest BCUT2D eigenvalue weighted by atomic mass is 35.5. The lowest BCUT2D eigenvalue weighted by molar-refractivity contribution is 0.435. The number of allylic oxidation sites excluding steroid dienone is 1. The van der Waals surface area contributed by atoms with Crippen molar-refractivity contribution in [1.82, 2.24) is 10.2 Å². The van der Waals surface area contributed by atoms with Crippen molar-refractivity contribution in [3.63, 3.8) is 0 Å². The highest BCUT2D eigenvalue weighted by Gasteiger charge is 2.08. The van der Waals surface area contributed by atoms with Crippen LogP contribution in [0.3, 0.4) is 0 Å². The summed E-state index contributed by atoms with van der Waals surface area (Å²) in [4.78, 5) is 3.52. The fourth-order valence-corrected chi connectivity index (χ4v) is 3.56. The summed E-state index contributed by atoms with van der Waals surface area (Å²) in [7, 11) is 0. The molecule has 2 rings (SSSR count). The van der Waals surface area contributed by atoms with Gasteiger partial charge in [-0.05, 0) is 43.2 Å². The Hall–Kier alpha value is -1.55. The van der Waals surface area contributed by atoms with Crippen LogP contribution < -0.4 is 5.32 Å². The van der Waals surface area contributed by atoms with Crippen LogP contribution >= 0.6 is 22.9 Å². The summed E-state index contributed by atoms with van der Waals surface area (Å²) in [5.74, 6) is 0. The average molecular weight is 375 g/mol. The molecule has 0 saturated heterocycles. The van der Waals surface area contributed by atoms with Crippen LogP contribution in [0.5, 0.6) is 0 Å². The molecule has 0 aliphatic rings. The maximum atomic E-state index is 6.05. The van der Waals surface area contributed by atoms with E-state index in [1.54, 1.807) is 11.3 Å². The molecule has 0 amide bonds. The van der Waals surface area contributed by atoms with E-state index >= 15 is 0 Å². The molecular weight excluding hydrogens is 348 g/mol. The smallest absolute Gasteiger partial charge is 0.0934 e. The fraction of sp³-hybridized carbons (Fsp3) is 0.333. The second kappa shape index (κ2) is 11.1. The Kier molecular flexibility index (Phi) is 8.81. The fourth-order valence-electron chi connectivity index (χ4n) is 2.60. The molecule has 1 N–H and O–H groups in total. The predicted octanol–water partition coefficient (Wildman–Crippen LogP) is 6.17. The molecular formula is C21H27ClN2S. The normalized spacial score (nSPS) is 12.0. The lowest BCUT2D eigenvalue weighted by Gasteiger charge is -2.24. The maximum Gasteiger partial charge on any atom is 0.0934 e. The van der Waals surface area contributed by atoms with Crippen molar-refractivity contribution in [3.8, 4) is 0 Å². The minimum absolute atomic E-state index is 0.825. The van der Waals surface area contributed by atoms with Crippen LogP contribution in [-0.4, -0.2) is 18.0 Å². The van der Waals surface area contributed by atoms with Crippen LogP contribution in [0.4, 0.5) is 0 Å². The van der Waals surface area contributed by atoms with Crippen molar-refractivity contribution in [3.05, 3.63) is 75.2 Å². The van der Waals surface area contributed by atoms with E-state index in [4.69, 9.17) is 11.6 Å². The standard InChI is InChI=1S/C21H27ClN2S/c1-3-8-19(13-15-23-4-2)24(17-18-9-6-5-7-10-18)16-14-20-11-12-21(22)25-20/h5-12,14,16,23H,3-4,13,15,17H2,1-2H3/b16-14+,19-8+. The molecule has 0 aliphatic carbocycles. The number of thiophene rings is 1. The van der Waals surface area contributed by atoms with Gasteiger partial charge in [-0.2, -0.15) is 0 Å². The Morgan fingerprint density at radius 3 is 2.60 bits per heavy atom. The van der Waals surface area contributed by atoms with Crippen molar-refractivity contribution in [1.29, 1.82) is 0 Å². The summed E-state index contributed by atoms with van der Waals surface area (Å²) < 4.78 is 0.825. The zero-order valence-electron chi connectivity index (χ0n) is 15.0. The zero-order chi connectivity index (χ0) is 17.9. The van der Waals surface area contributed by atoms with Gasteiger partial charge in [-0.15, -0.1) is 11.3 Å². The Balaban J connectivity index is 2.19. The van der Waals surface area contributed by atoms with Crippen molar-refractivity contribution >= 4 is 29.0 Å². The van der Waals surface area contributed by atoms with Gasteiger partial charge in [0.05, 0.1) is 4.34 Å². The molecule has 0 bridgehead atoms. The summed E-state index contributed by atoms with van der Waals surface area (Å²) >= 11 is 7.66. The summed E-state index contributed by atoms with van der Waals surface area (Å²) in [5, 5.41) is 3.43. The first-order valence-electron chi connectivity index (χ1n) is 8.86. The van der Waals surface area contributed by atoms with Gasteiger partial charge in [0, 0.05) is 29.9 Å². The second-order valence-corrected chi connectivity index (χ2v) is 7.53. The van der Waals surface area contributed by atoms with Crippen LogP contribution in [0.1, 0.15) is 37.1 Å². The molecule has 0 fully saturated rings. The predicted molar refractivity (Wildman–Crippen MR) is 112 cm³/mol. The number of benzene rings is 1. The first-order chi connectivity index (χ1) is 12.2. The molecule has 0 spiro atoms. The van der Waals surface area contributed by atoms with E-state index in [1.165, 1.54) is 16.1 Å². The van der Waals surface area contributed by atoms with Crippen LogP contribution in [0.15, 0.2) is 60.4 Å². The molecule has 1 heterocycles. The van der Waals surface area contributed by atoms with Crippen molar-refractivity contribution < 1.29 is 0 Å². The van der Waals surface area contributed by atoms with Gasteiger partial charge < -0.3 is 10.2 Å². The minimum Gasteiger partial charge on any atom is -0.347 e. The molecule has 1 aromatic heterocycles. The monoisotopic (exact) mass is 374 g/mol. The first kappa shape index (κ1) is 19.8. The molecule has 0 saturated carbocycles. The van der Waals surface area contributed by atoms with E-state index in [2.05, 4.69) is 78.8 Å². The largest absolute Gasteiger partial charge is 0.347 e. The van der Waals surface area contributed by atoms with Crippen molar-refractivity contribution in [2.24, 2.45) is 0 Å². The molecule has 4 heteroatoms. The summed E-state index contributed by atoms with van der Waals surface area (Å²) in [6, 6.07) is 14.6. The van der Waals surface area contributed by atoms with Crippen LogP contribution in [-0.2, 0) is 6.54 Å². The van der Waals surface area contributed by atoms with Gasteiger partial charge in [0.15, 0.2) is 0 Å². The lowest BCUT2D eigenvalue weighted by Crippen LogP contribution is -2.21. The first-order valence-corrected chi connectivity index (χ1v) is 10.1. The van der Waals surface area contributed by atoms with Gasteiger partial charge in [-0.3, -0.25) is 0 Å². The third-order valence-corrected chi connectivity index (χ3v) is 5.02. The van der Waals surface area contributed by atoms with E-state index in [9.17, 15) is 0 Å². The van der Waals surface area contributed by atoms with Crippen LogP contribution in [0.2, 0.25) is 4.34 Å². The molecule has 25 heavy (non-hydrogen) atoms. The lowest BCUT2D eigenvalue weighted by atomic mass is 10.1. The van der Waals surface area contributed by atoms with Gasteiger partial charge in [-0.25, -0.2) is 0 Å². The highest BCUT2D eigenvalue weighted by molar-refractivity contribution is 7.16. The number of nitrogens with one attached hydrogen (secondary N) is 1. The number of halogens is 1.